The zero-order chi connectivity index (χ0) is 34.0. The first-order chi connectivity index (χ1) is 24.7. The number of hydrogen-bond donors (Lipinski definition) is 0. The van der Waals surface area contributed by atoms with Crippen LogP contribution in [0.5, 0.6) is 5.75 Å². The van der Waals surface area contributed by atoms with Crippen molar-refractivity contribution in [2.24, 2.45) is 0 Å². The van der Waals surface area contributed by atoms with Crippen LogP contribution in [0.4, 0.5) is 0 Å². The molecule has 2 aliphatic rings. The second-order valence-corrected chi connectivity index (χ2v) is 13.1. The fraction of sp³-hybridized carbons (Fsp3) is 0.318. The van der Waals surface area contributed by atoms with E-state index >= 15 is 0 Å². The normalized spacial score (nSPS) is 22.9. The number of benzene rings is 5. The first-order valence-electron chi connectivity index (χ1n) is 17.8. The second-order valence-electron chi connectivity index (χ2n) is 13.1. The molecule has 2 heterocycles. The number of rotatable bonds is 14. The van der Waals surface area contributed by atoms with Gasteiger partial charge in [0.25, 0.3) is 0 Å². The Hall–Kier alpha value is -4.30. The summed E-state index contributed by atoms with van der Waals surface area (Å²) in [5.74, 6) is -0.319. The number of hydrogen-bond acceptors (Lipinski definition) is 6. The SMILES string of the molecule is CCc1ccc2c(c1)CC[C@]1(O2)O[C@H](COCc2ccccc2)[C@H](OCc2ccccc2)[C@H](OCc2ccccc2)[C@H]1OCc1ccccc1. The van der Waals surface area contributed by atoms with E-state index in [4.69, 9.17) is 28.4 Å². The van der Waals surface area contributed by atoms with E-state index in [9.17, 15) is 0 Å². The molecule has 1 saturated heterocycles. The molecule has 5 aromatic carbocycles. The Labute approximate surface area is 295 Å². The van der Waals surface area contributed by atoms with Gasteiger partial charge in [-0.2, -0.15) is 0 Å². The van der Waals surface area contributed by atoms with Crippen LogP contribution in [-0.2, 0) is 63.0 Å². The predicted molar refractivity (Wildman–Crippen MR) is 194 cm³/mol. The maximum Gasteiger partial charge on any atom is 0.240 e. The van der Waals surface area contributed by atoms with E-state index in [-0.39, 0.29) is 6.61 Å². The lowest BCUT2D eigenvalue weighted by Gasteiger charge is -2.53. The van der Waals surface area contributed by atoms with E-state index in [0.29, 0.717) is 32.8 Å². The van der Waals surface area contributed by atoms with Crippen molar-refractivity contribution in [3.63, 3.8) is 0 Å². The van der Waals surface area contributed by atoms with E-state index in [1.54, 1.807) is 0 Å². The molecule has 258 valence electrons. The van der Waals surface area contributed by atoms with E-state index in [0.717, 1.165) is 40.8 Å². The number of aryl methyl sites for hydroxylation is 2. The van der Waals surface area contributed by atoms with Crippen LogP contribution < -0.4 is 4.74 Å². The maximum atomic E-state index is 7.17. The molecule has 6 nitrogen and oxygen atoms in total. The highest BCUT2D eigenvalue weighted by atomic mass is 16.7. The molecule has 1 fully saturated rings. The molecule has 7 rings (SSSR count). The van der Waals surface area contributed by atoms with Crippen molar-refractivity contribution in [2.75, 3.05) is 6.61 Å². The molecule has 6 heteroatoms. The van der Waals surface area contributed by atoms with E-state index in [2.05, 4.69) is 73.7 Å². The quantitative estimate of drug-likeness (QED) is 0.118. The Kier molecular flexibility index (Phi) is 11.3. The molecule has 0 aliphatic carbocycles. The molecule has 0 N–H and O–H groups in total. The van der Waals surface area contributed by atoms with Crippen LogP contribution in [0.2, 0.25) is 0 Å². The zero-order valence-corrected chi connectivity index (χ0v) is 28.7. The van der Waals surface area contributed by atoms with Gasteiger partial charge in [-0.25, -0.2) is 0 Å². The van der Waals surface area contributed by atoms with Crippen molar-refractivity contribution in [1.29, 1.82) is 0 Å². The molecular weight excluding hydrogens is 624 g/mol. The summed E-state index contributed by atoms with van der Waals surface area (Å²) in [6.45, 7) is 4.05. The van der Waals surface area contributed by atoms with Gasteiger partial charge in [-0.15, -0.1) is 0 Å². The van der Waals surface area contributed by atoms with Crippen molar-refractivity contribution >= 4 is 0 Å². The van der Waals surface area contributed by atoms with E-state index in [1.165, 1.54) is 11.1 Å². The third-order valence-electron chi connectivity index (χ3n) is 9.57. The molecular formula is C44H46O6. The van der Waals surface area contributed by atoms with Gasteiger partial charge >= 0.3 is 0 Å². The van der Waals surface area contributed by atoms with Gasteiger partial charge in [0.2, 0.25) is 5.79 Å². The molecule has 5 aromatic rings. The van der Waals surface area contributed by atoms with E-state index < -0.39 is 30.2 Å². The van der Waals surface area contributed by atoms with Gasteiger partial charge in [0.05, 0.1) is 33.0 Å². The molecule has 0 aromatic heterocycles. The average molecular weight is 671 g/mol. The van der Waals surface area contributed by atoms with Crippen molar-refractivity contribution in [3.05, 3.63) is 173 Å². The minimum absolute atomic E-state index is 0.289. The first-order valence-corrected chi connectivity index (χ1v) is 17.8. The molecule has 0 saturated carbocycles. The van der Waals surface area contributed by atoms with E-state index in [1.807, 2.05) is 72.8 Å². The van der Waals surface area contributed by atoms with Crippen molar-refractivity contribution in [2.45, 2.75) is 82.8 Å². The lowest BCUT2D eigenvalue weighted by molar-refractivity contribution is -0.364. The monoisotopic (exact) mass is 670 g/mol. The third kappa shape index (κ3) is 8.35. The molecule has 0 radical (unpaired) electrons. The Morgan fingerprint density at radius 3 is 1.66 bits per heavy atom. The van der Waals surface area contributed by atoms with Gasteiger partial charge in [-0.3, -0.25) is 0 Å². The fourth-order valence-electron chi connectivity index (χ4n) is 6.90. The molecule has 1 spiro atoms. The maximum absolute atomic E-state index is 7.17. The topological polar surface area (TPSA) is 55.4 Å². The highest BCUT2D eigenvalue weighted by Gasteiger charge is 2.59. The highest BCUT2D eigenvalue weighted by Crippen LogP contribution is 2.45. The van der Waals surface area contributed by atoms with Crippen molar-refractivity contribution in [1.82, 2.24) is 0 Å². The Bertz CT molecular complexity index is 1750. The number of ether oxygens (including phenoxy) is 6. The minimum atomic E-state index is -1.13. The third-order valence-corrected chi connectivity index (χ3v) is 9.57. The second kappa shape index (κ2) is 16.6. The molecule has 0 unspecified atom stereocenters. The summed E-state index contributed by atoms with van der Waals surface area (Å²) in [5.41, 5.74) is 6.75. The summed E-state index contributed by atoms with van der Waals surface area (Å²) in [6, 6.07) is 47.3. The minimum Gasteiger partial charge on any atom is -0.459 e. The molecule has 50 heavy (non-hydrogen) atoms. The van der Waals surface area contributed by atoms with Crippen molar-refractivity contribution < 1.29 is 28.4 Å². The van der Waals surface area contributed by atoms with Crippen LogP contribution in [0.15, 0.2) is 140 Å². The van der Waals surface area contributed by atoms with Crippen LogP contribution in [0, 0.1) is 0 Å². The summed E-state index contributed by atoms with van der Waals surface area (Å²) in [5, 5.41) is 0. The van der Waals surface area contributed by atoms with Gasteiger partial charge in [0.1, 0.15) is 24.1 Å². The summed E-state index contributed by atoms with van der Waals surface area (Å²) in [6.07, 6.45) is 0.166. The highest BCUT2D eigenvalue weighted by molar-refractivity contribution is 5.40. The van der Waals surface area contributed by atoms with Crippen LogP contribution in [0.25, 0.3) is 0 Å². The van der Waals surface area contributed by atoms with Gasteiger partial charge in [0, 0.05) is 6.42 Å². The van der Waals surface area contributed by atoms with Gasteiger partial charge < -0.3 is 28.4 Å². The van der Waals surface area contributed by atoms with Gasteiger partial charge in [0.15, 0.2) is 6.10 Å². The molecule has 0 bridgehead atoms. The van der Waals surface area contributed by atoms with Gasteiger partial charge in [-0.1, -0.05) is 140 Å². The van der Waals surface area contributed by atoms with Crippen LogP contribution in [0.3, 0.4) is 0 Å². The Morgan fingerprint density at radius 2 is 1.10 bits per heavy atom. The summed E-state index contributed by atoms with van der Waals surface area (Å²) in [4.78, 5) is 0. The fourth-order valence-corrected chi connectivity index (χ4v) is 6.90. The smallest absolute Gasteiger partial charge is 0.240 e. The van der Waals surface area contributed by atoms with Crippen LogP contribution in [0.1, 0.15) is 46.7 Å². The summed E-state index contributed by atoms with van der Waals surface area (Å²) >= 11 is 0. The Balaban J connectivity index is 1.25. The lowest BCUT2D eigenvalue weighted by atomic mass is 9.86. The molecule has 2 aliphatic heterocycles. The summed E-state index contributed by atoms with van der Waals surface area (Å²) in [7, 11) is 0. The van der Waals surface area contributed by atoms with Crippen LogP contribution in [-0.4, -0.2) is 36.8 Å². The number of fused-ring (bicyclic) bond motifs is 1. The molecule has 0 amide bonds. The Morgan fingerprint density at radius 1 is 0.580 bits per heavy atom. The van der Waals surface area contributed by atoms with Crippen LogP contribution >= 0.6 is 0 Å². The average Bonchev–Trinajstić information content (AvgIpc) is 3.17. The zero-order valence-electron chi connectivity index (χ0n) is 28.7. The first kappa shape index (κ1) is 34.2. The standard InChI is InChI=1S/C44H46O6/c1-2-33-23-24-39-38(27-33)25-26-44(49-39)43(48-31-37-21-13-6-14-22-37)42(47-30-36-19-11-5-12-20-36)41(46-29-35-17-9-4-10-18-35)40(50-44)32-45-28-34-15-7-3-8-16-34/h3-24,27,40-43H,2,25-26,28-32H2,1H3/t40-,41+,42+,43-,44+/m1/s1. The van der Waals surface area contributed by atoms with Crippen molar-refractivity contribution in [3.8, 4) is 5.75 Å². The summed E-state index contributed by atoms with van der Waals surface area (Å²) < 4.78 is 41.3. The molecule has 5 atom stereocenters. The predicted octanol–water partition coefficient (Wildman–Crippen LogP) is 8.64. The lowest BCUT2D eigenvalue weighted by Crippen LogP contribution is -2.69. The largest absolute Gasteiger partial charge is 0.459 e. The van der Waals surface area contributed by atoms with Gasteiger partial charge in [-0.05, 0) is 52.3 Å².